The van der Waals surface area contributed by atoms with Gasteiger partial charge >= 0.3 is 0 Å². The molecule has 298 valence electrons. The Balaban J connectivity index is 0.872. The molecule has 0 nitrogen and oxygen atoms in total. The van der Waals surface area contributed by atoms with Gasteiger partial charge < -0.3 is 0 Å². The fourth-order valence-electron chi connectivity index (χ4n) is 9.87. The van der Waals surface area contributed by atoms with E-state index in [-0.39, 0.29) is 0 Å². The third-order valence-electron chi connectivity index (χ3n) is 13.0. The highest BCUT2D eigenvalue weighted by molar-refractivity contribution is 6.23. The van der Waals surface area contributed by atoms with E-state index >= 15 is 0 Å². The van der Waals surface area contributed by atoms with Crippen LogP contribution in [0.5, 0.6) is 0 Å². The second-order valence-corrected chi connectivity index (χ2v) is 16.8. The molecule has 0 fully saturated rings. The highest BCUT2D eigenvalue weighted by atomic mass is 14.2. The van der Waals surface area contributed by atoms with Gasteiger partial charge in [-0.3, -0.25) is 0 Å². The second kappa shape index (κ2) is 15.9. The van der Waals surface area contributed by atoms with E-state index in [1.807, 2.05) is 0 Å². The van der Waals surface area contributed by atoms with Crippen molar-refractivity contribution in [3.05, 3.63) is 255 Å². The van der Waals surface area contributed by atoms with Crippen LogP contribution in [-0.4, -0.2) is 0 Å². The summed E-state index contributed by atoms with van der Waals surface area (Å²) in [6.07, 6.45) is 0. The summed E-state index contributed by atoms with van der Waals surface area (Å²) in [6, 6.07) is 93.4. The fourth-order valence-corrected chi connectivity index (χ4v) is 9.87. The molecule has 12 aromatic carbocycles. The van der Waals surface area contributed by atoms with Crippen molar-refractivity contribution in [3.63, 3.8) is 0 Å². The van der Waals surface area contributed by atoms with Crippen LogP contribution in [0.2, 0.25) is 0 Å². The van der Waals surface area contributed by atoms with Gasteiger partial charge in [0.25, 0.3) is 0 Å². The molecule has 0 radical (unpaired) electrons. The highest BCUT2D eigenvalue weighted by Crippen LogP contribution is 2.45. The molecule has 0 aliphatic rings. The summed E-state index contributed by atoms with van der Waals surface area (Å²) in [5.41, 5.74) is 17.2. The van der Waals surface area contributed by atoms with Gasteiger partial charge in [-0.1, -0.05) is 224 Å². The quantitative estimate of drug-likeness (QED) is 0.141. The van der Waals surface area contributed by atoms with Crippen molar-refractivity contribution < 1.29 is 0 Å². The molecule has 0 saturated carbocycles. The Morgan fingerprint density at radius 1 is 0.156 bits per heavy atom. The number of benzene rings is 12. The van der Waals surface area contributed by atoms with E-state index in [0.29, 0.717) is 0 Å². The first-order chi connectivity index (χ1) is 31.7. The summed E-state index contributed by atoms with van der Waals surface area (Å²) in [4.78, 5) is 0. The number of hydrogen-bond acceptors (Lipinski definition) is 0. The SMILES string of the molecule is c1ccc(-c2cccc(-c3cccc(-c4cccc(-c5ccc6ccc(-c7ccc(-c8c9ccccc9c(-c9cccc%10ccccc9%10)c9ccccc89)cc7)cc6c5)c4)c3)c2)cc1. The molecule has 0 amide bonds. The monoisotopic (exact) mass is 810 g/mol. The molecule has 0 unspecified atom stereocenters. The van der Waals surface area contributed by atoms with Crippen molar-refractivity contribution in [2.75, 3.05) is 0 Å². The zero-order valence-electron chi connectivity index (χ0n) is 35.2. The van der Waals surface area contributed by atoms with Crippen molar-refractivity contribution in [3.8, 4) is 77.9 Å². The molecule has 0 aliphatic heterocycles. The second-order valence-electron chi connectivity index (χ2n) is 16.8. The van der Waals surface area contributed by atoms with Crippen molar-refractivity contribution in [1.82, 2.24) is 0 Å². The summed E-state index contributed by atoms with van der Waals surface area (Å²) in [7, 11) is 0. The summed E-state index contributed by atoms with van der Waals surface area (Å²) in [6.45, 7) is 0. The maximum absolute atomic E-state index is 2.34. The number of fused-ring (bicyclic) bond motifs is 4. The lowest BCUT2D eigenvalue weighted by Gasteiger charge is -2.19. The highest BCUT2D eigenvalue weighted by Gasteiger charge is 2.18. The Morgan fingerprint density at radius 3 is 1.05 bits per heavy atom. The third-order valence-corrected chi connectivity index (χ3v) is 13.0. The standard InChI is InChI=1S/C64H42/c1-2-14-43(15-3-1)48-18-10-19-49(38-48)50-20-11-21-51(39-50)52-22-12-23-53(40-52)55-37-33-45-32-36-54(41-56(45)42-55)44-30-34-47(35-31-44)63-59-25-6-8-27-61(59)64(62-28-9-7-26-60(62)63)58-29-13-17-46-16-4-5-24-57(46)58/h1-42H. The topological polar surface area (TPSA) is 0 Å². The lowest BCUT2D eigenvalue weighted by atomic mass is 9.84. The minimum Gasteiger partial charge on any atom is -0.0622 e. The minimum absolute atomic E-state index is 1.20. The molecule has 0 bridgehead atoms. The van der Waals surface area contributed by atoms with Crippen LogP contribution in [0.15, 0.2) is 255 Å². The maximum atomic E-state index is 2.34. The van der Waals surface area contributed by atoms with Gasteiger partial charge in [-0.15, -0.1) is 0 Å². The van der Waals surface area contributed by atoms with Crippen molar-refractivity contribution in [1.29, 1.82) is 0 Å². The first kappa shape index (κ1) is 37.4. The average Bonchev–Trinajstić information content (AvgIpc) is 3.38. The van der Waals surface area contributed by atoms with Gasteiger partial charge in [0, 0.05) is 0 Å². The van der Waals surface area contributed by atoms with E-state index in [4.69, 9.17) is 0 Å². The lowest BCUT2D eigenvalue weighted by molar-refractivity contribution is 1.57. The van der Waals surface area contributed by atoms with Crippen LogP contribution in [0, 0.1) is 0 Å². The average molecular weight is 811 g/mol. The molecule has 0 heteroatoms. The Bertz CT molecular complexity index is 3640. The predicted octanol–water partition coefficient (Wildman–Crippen LogP) is 18.0. The normalized spacial score (nSPS) is 11.4. The molecule has 0 N–H and O–H groups in total. The molecule has 0 spiro atoms. The van der Waals surface area contributed by atoms with Crippen LogP contribution in [-0.2, 0) is 0 Å². The Kier molecular flexibility index (Phi) is 9.28. The van der Waals surface area contributed by atoms with E-state index in [1.54, 1.807) is 0 Å². The first-order valence-corrected chi connectivity index (χ1v) is 22.1. The first-order valence-electron chi connectivity index (χ1n) is 22.1. The molecular weight excluding hydrogens is 769 g/mol. The van der Waals surface area contributed by atoms with Gasteiger partial charge in [0.05, 0.1) is 0 Å². The van der Waals surface area contributed by atoms with Gasteiger partial charge in [0.1, 0.15) is 0 Å². The minimum atomic E-state index is 1.20. The van der Waals surface area contributed by atoms with E-state index in [9.17, 15) is 0 Å². The fraction of sp³-hybridized carbons (Fsp3) is 0. The largest absolute Gasteiger partial charge is 0.0622 e. The molecule has 0 aromatic heterocycles. The van der Waals surface area contributed by atoms with Crippen LogP contribution in [0.4, 0.5) is 0 Å². The summed E-state index contributed by atoms with van der Waals surface area (Å²) >= 11 is 0. The van der Waals surface area contributed by atoms with E-state index in [1.165, 1.54) is 121 Å². The molecule has 12 aromatic rings. The summed E-state index contributed by atoms with van der Waals surface area (Å²) in [5, 5.41) is 10.1. The van der Waals surface area contributed by atoms with E-state index in [2.05, 4.69) is 255 Å². The van der Waals surface area contributed by atoms with Gasteiger partial charge in [0.15, 0.2) is 0 Å². The van der Waals surface area contributed by atoms with Gasteiger partial charge in [-0.2, -0.15) is 0 Å². The molecule has 0 saturated heterocycles. The molecular formula is C64H42. The van der Waals surface area contributed by atoms with Gasteiger partial charge in [-0.25, -0.2) is 0 Å². The molecule has 0 atom stereocenters. The Morgan fingerprint density at radius 2 is 0.500 bits per heavy atom. The zero-order chi connectivity index (χ0) is 42.4. The van der Waals surface area contributed by atoms with Crippen LogP contribution in [0.25, 0.3) is 121 Å². The predicted molar refractivity (Wildman–Crippen MR) is 275 cm³/mol. The molecule has 0 aliphatic carbocycles. The Hall–Kier alpha value is -8.32. The molecule has 0 heterocycles. The van der Waals surface area contributed by atoms with Gasteiger partial charge in [0.2, 0.25) is 0 Å². The van der Waals surface area contributed by atoms with Crippen LogP contribution in [0.1, 0.15) is 0 Å². The molecule has 12 rings (SSSR count). The summed E-state index contributed by atoms with van der Waals surface area (Å²) in [5.74, 6) is 0. The van der Waals surface area contributed by atoms with Gasteiger partial charge in [-0.05, 0) is 151 Å². The number of rotatable bonds is 7. The van der Waals surface area contributed by atoms with E-state index < -0.39 is 0 Å². The maximum Gasteiger partial charge on any atom is -0.00201 e. The van der Waals surface area contributed by atoms with Crippen molar-refractivity contribution >= 4 is 43.1 Å². The van der Waals surface area contributed by atoms with Crippen LogP contribution in [0.3, 0.4) is 0 Å². The number of hydrogen-bond donors (Lipinski definition) is 0. The third kappa shape index (κ3) is 6.74. The van der Waals surface area contributed by atoms with Crippen molar-refractivity contribution in [2.24, 2.45) is 0 Å². The van der Waals surface area contributed by atoms with Crippen LogP contribution >= 0.6 is 0 Å². The summed E-state index contributed by atoms with van der Waals surface area (Å²) < 4.78 is 0. The van der Waals surface area contributed by atoms with Crippen LogP contribution < -0.4 is 0 Å². The Labute approximate surface area is 374 Å². The smallest absolute Gasteiger partial charge is 0.00201 e. The lowest BCUT2D eigenvalue weighted by Crippen LogP contribution is -1.91. The van der Waals surface area contributed by atoms with Crippen molar-refractivity contribution in [2.45, 2.75) is 0 Å². The molecule has 64 heavy (non-hydrogen) atoms. The van der Waals surface area contributed by atoms with E-state index in [0.717, 1.165) is 0 Å². The zero-order valence-corrected chi connectivity index (χ0v) is 35.2.